The van der Waals surface area contributed by atoms with Gasteiger partial charge >= 0.3 is 5.97 Å². The fraction of sp³-hybridized carbons (Fsp3) is 0.417. The van der Waals surface area contributed by atoms with Crippen molar-refractivity contribution in [3.05, 3.63) is 29.4 Å². The van der Waals surface area contributed by atoms with Crippen LogP contribution in [-0.4, -0.2) is 33.7 Å². The predicted molar refractivity (Wildman–Crippen MR) is 73.5 cm³/mol. The second-order valence-corrected chi connectivity index (χ2v) is 4.74. The van der Waals surface area contributed by atoms with Crippen LogP contribution in [0.15, 0.2) is 17.9 Å². The molecule has 0 spiro atoms. The van der Waals surface area contributed by atoms with Crippen molar-refractivity contribution in [1.82, 2.24) is 14.5 Å². The second kappa shape index (κ2) is 6.33. The quantitative estimate of drug-likeness (QED) is 0.816. The molecule has 0 aliphatic rings. The second-order valence-electron chi connectivity index (χ2n) is 3.88. The van der Waals surface area contributed by atoms with Crippen molar-refractivity contribution in [2.45, 2.75) is 13.3 Å². The Morgan fingerprint density at radius 1 is 1.53 bits per heavy atom. The Bertz CT molecular complexity index is 549. The number of nitrogens with zero attached hydrogens (tertiary/aromatic N) is 3. The summed E-state index contributed by atoms with van der Waals surface area (Å²) >= 11 is 1.39. The third-order valence-electron chi connectivity index (χ3n) is 2.59. The number of anilines is 1. The molecule has 0 saturated heterocycles. The number of esters is 1. The van der Waals surface area contributed by atoms with E-state index in [1.165, 1.54) is 11.3 Å². The zero-order valence-corrected chi connectivity index (χ0v) is 11.7. The van der Waals surface area contributed by atoms with E-state index >= 15 is 0 Å². The van der Waals surface area contributed by atoms with Gasteiger partial charge in [-0.05, 0) is 6.92 Å². The number of rotatable bonds is 6. The normalized spacial score (nSPS) is 10.4. The average Bonchev–Trinajstić information content (AvgIpc) is 3.00. The molecule has 102 valence electrons. The highest BCUT2D eigenvalue weighted by molar-refractivity contribution is 7.14. The number of hydrogen-bond acceptors (Lipinski definition) is 6. The molecule has 0 amide bonds. The van der Waals surface area contributed by atoms with E-state index in [2.05, 4.69) is 15.3 Å². The largest absolute Gasteiger partial charge is 0.461 e. The van der Waals surface area contributed by atoms with Crippen LogP contribution in [-0.2, 0) is 18.2 Å². The SMILES string of the molecule is CCOC(=O)c1ncsc1NCCc1nccn1C. The molecule has 2 rings (SSSR count). The summed E-state index contributed by atoms with van der Waals surface area (Å²) < 4.78 is 6.92. The van der Waals surface area contributed by atoms with Gasteiger partial charge in [-0.1, -0.05) is 0 Å². The fourth-order valence-corrected chi connectivity index (χ4v) is 2.34. The van der Waals surface area contributed by atoms with E-state index in [0.29, 0.717) is 18.8 Å². The highest BCUT2D eigenvalue weighted by atomic mass is 32.1. The molecule has 0 saturated carbocycles. The summed E-state index contributed by atoms with van der Waals surface area (Å²) in [5.41, 5.74) is 1.99. The summed E-state index contributed by atoms with van der Waals surface area (Å²) in [6, 6.07) is 0. The Balaban J connectivity index is 1.91. The summed E-state index contributed by atoms with van der Waals surface area (Å²) in [6.07, 6.45) is 4.46. The van der Waals surface area contributed by atoms with E-state index in [-0.39, 0.29) is 5.97 Å². The van der Waals surface area contributed by atoms with Gasteiger partial charge in [0.25, 0.3) is 0 Å². The van der Waals surface area contributed by atoms with Gasteiger partial charge in [-0.2, -0.15) is 0 Å². The molecule has 2 aromatic heterocycles. The van der Waals surface area contributed by atoms with Crippen molar-refractivity contribution < 1.29 is 9.53 Å². The van der Waals surface area contributed by atoms with Gasteiger partial charge in [-0.25, -0.2) is 14.8 Å². The Hall–Kier alpha value is -1.89. The third kappa shape index (κ3) is 3.31. The lowest BCUT2D eigenvalue weighted by atomic mass is 10.4. The molecule has 6 nitrogen and oxygen atoms in total. The summed E-state index contributed by atoms with van der Waals surface area (Å²) in [5, 5.41) is 3.94. The van der Waals surface area contributed by atoms with E-state index < -0.39 is 0 Å². The number of nitrogens with one attached hydrogen (secondary N) is 1. The van der Waals surface area contributed by atoms with Crippen LogP contribution < -0.4 is 5.32 Å². The molecule has 2 aromatic rings. The van der Waals surface area contributed by atoms with E-state index in [9.17, 15) is 4.79 Å². The molecule has 0 unspecified atom stereocenters. The maximum atomic E-state index is 11.6. The van der Waals surface area contributed by atoms with Gasteiger partial charge in [0.1, 0.15) is 10.8 Å². The van der Waals surface area contributed by atoms with Crippen LogP contribution in [0.25, 0.3) is 0 Å². The lowest BCUT2D eigenvalue weighted by Crippen LogP contribution is -2.12. The number of aromatic nitrogens is 3. The predicted octanol–water partition coefficient (Wildman–Crippen LogP) is 1.71. The number of hydrogen-bond donors (Lipinski definition) is 1. The number of imidazole rings is 1. The maximum Gasteiger partial charge on any atom is 0.360 e. The molecule has 2 heterocycles. The highest BCUT2D eigenvalue weighted by Gasteiger charge is 2.15. The maximum absolute atomic E-state index is 11.6. The van der Waals surface area contributed by atoms with Crippen LogP contribution in [0, 0.1) is 0 Å². The monoisotopic (exact) mass is 280 g/mol. The standard InChI is InChI=1S/C12H16N4O2S/c1-3-18-12(17)10-11(19-8-15-10)14-5-4-9-13-6-7-16(9)2/h6-8,14H,3-5H2,1-2H3. The number of carbonyl (C=O) groups is 1. The van der Waals surface area contributed by atoms with Crippen LogP contribution >= 0.6 is 11.3 Å². The first-order chi connectivity index (χ1) is 9.22. The van der Waals surface area contributed by atoms with E-state index in [0.717, 1.165) is 17.2 Å². The number of ether oxygens (including phenoxy) is 1. The minimum absolute atomic E-state index is 0.350. The molecule has 0 aliphatic carbocycles. The van der Waals surface area contributed by atoms with Crippen LogP contribution in [0.1, 0.15) is 23.2 Å². The van der Waals surface area contributed by atoms with E-state index in [1.54, 1.807) is 18.6 Å². The molecular formula is C12H16N4O2S. The third-order valence-corrected chi connectivity index (χ3v) is 3.38. The van der Waals surface area contributed by atoms with Crippen molar-refractivity contribution >= 4 is 22.3 Å². The Morgan fingerprint density at radius 3 is 3.05 bits per heavy atom. The van der Waals surface area contributed by atoms with Gasteiger partial charge in [0.15, 0.2) is 5.69 Å². The first-order valence-electron chi connectivity index (χ1n) is 6.03. The van der Waals surface area contributed by atoms with Crippen LogP contribution in [0.3, 0.4) is 0 Å². The van der Waals surface area contributed by atoms with Gasteiger partial charge < -0.3 is 14.6 Å². The van der Waals surface area contributed by atoms with Gasteiger partial charge in [0.05, 0.1) is 12.1 Å². The Labute approximate surface area is 115 Å². The van der Waals surface area contributed by atoms with Crippen LogP contribution in [0.4, 0.5) is 5.00 Å². The molecule has 0 atom stereocenters. The van der Waals surface area contributed by atoms with Crippen LogP contribution in [0.2, 0.25) is 0 Å². The first-order valence-corrected chi connectivity index (χ1v) is 6.91. The number of aryl methyl sites for hydroxylation is 1. The van der Waals surface area contributed by atoms with Crippen molar-refractivity contribution in [3.63, 3.8) is 0 Å². The molecule has 7 heteroatoms. The van der Waals surface area contributed by atoms with Gasteiger partial charge in [0, 0.05) is 32.4 Å². The first kappa shape index (κ1) is 13.5. The zero-order chi connectivity index (χ0) is 13.7. The fourth-order valence-electron chi connectivity index (χ4n) is 1.64. The minimum atomic E-state index is -0.386. The molecule has 1 N–H and O–H groups in total. The van der Waals surface area contributed by atoms with Gasteiger partial charge in [0.2, 0.25) is 0 Å². The van der Waals surface area contributed by atoms with E-state index in [1.807, 2.05) is 17.8 Å². The molecule has 19 heavy (non-hydrogen) atoms. The van der Waals surface area contributed by atoms with Crippen molar-refractivity contribution in [3.8, 4) is 0 Å². The summed E-state index contributed by atoms with van der Waals surface area (Å²) in [7, 11) is 1.96. The summed E-state index contributed by atoms with van der Waals surface area (Å²) in [4.78, 5) is 19.9. The lowest BCUT2D eigenvalue weighted by Gasteiger charge is -2.06. The Morgan fingerprint density at radius 2 is 2.37 bits per heavy atom. The lowest BCUT2D eigenvalue weighted by molar-refractivity contribution is 0.0521. The van der Waals surface area contributed by atoms with Crippen LogP contribution in [0.5, 0.6) is 0 Å². The highest BCUT2D eigenvalue weighted by Crippen LogP contribution is 2.20. The Kier molecular flexibility index (Phi) is 4.51. The molecule has 0 fully saturated rings. The molecular weight excluding hydrogens is 264 g/mol. The molecule has 0 aliphatic heterocycles. The number of thiazole rings is 1. The smallest absolute Gasteiger partial charge is 0.360 e. The topological polar surface area (TPSA) is 69.0 Å². The molecule has 0 radical (unpaired) electrons. The zero-order valence-electron chi connectivity index (χ0n) is 10.9. The average molecular weight is 280 g/mol. The summed E-state index contributed by atoms with van der Waals surface area (Å²) in [5.74, 6) is 0.609. The number of carbonyl (C=O) groups excluding carboxylic acids is 1. The van der Waals surface area contributed by atoms with Crippen molar-refractivity contribution in [2.75, 3.05) is 18.5 Å². The summed E-state index contributed by atoms with van der Waals surface area (Å²) in [6.45, 7) is 2.82. The van der Waals surface area contributed by atoms with Crippen molar-refractivity contribution in [2.24, 2.45) is 7.05 Å². The van der Waals surface area contributed by atoms with Gasteiger partial charge in [-0.15, -0.1) is 11.3 Å². The molecule has 0 bridgehead atoms. The van der Waals surface area contributed by atoms with Crippen molar-refractivity contribution in [1.29, 1.82) is 0 Å². The minimum Gasteiger partial charge on any atom is -0.461 e. The van der Waals surface area contributed by atoms with Gasteiger partial charge in [-0.3, -0.25) is 0 Å². The van der Waals surface area contributed by atoms with E-state index in [4.69, 9.17) is 4.74 Å². The molecule has 0 aromatic carbocycles.